The normalized spacial score (nSPS) is 11.3. The van der Waals surface area contributed by atoms with Crippen molar-refractivity contribution in [1.82, 2.24) is 10.3 Å². The second-order valence-electron chi connectivity index (χ2n) is 3.75. The van der Waals surface area contributed by atoms with E-state index in [0.717, 1.165) is 16.6 Å². The molecule has 0 N–H and O–H groups in total. The van der Waals surface area contributed by atoms with Crippen molar-refractivity contribution < 1.29 is 4.63 Å². The molecule has 3 nitrogen and oxygen atoms in total. The molecule has 88 valence electrons. The third-order valence-electron chi connectivity index (χ3n) is 2.49. The quantitative estimate of drug-likeness (QED) is 0.662. The Kier molecular flexibility index (Phi) is 3.10. The van der Waals surface area contributed by atoms with Crippen LogP contribution >= 0.6 is 11.8 Å². The Balaban J connectivity index is 1.75. The molecule has 1 aromatic heterocycles. The molecule has 2 aromatic carbocycles. The van der Waals surface area contributed by atoms with Crippen molar-refractivity contribution in [3.63, 3.8) is 0 Å². The summed E-state index contributed by atoms with van der Waals surface area (Å²) in [6.45, 7) is 0. The van der Waals surface area contributed by atoms with E-state index in [4.69, 9.17) is 0 Å². The third-order valence-corrected chi connectivity index (χ3v) is 3.30. The Morgan fingerprint density at radius 1 is 0.944 bits per heavy atom. The first kappa shape index (κ1) is 11.0. The van der Waals surface area contributed by atoms with Gasteiger partial charge in [0, 0.05) is 4.90 Å². The number of rotatable bonds is 3. The van der Waals surface area contributed by atoms with Gasteiger partial charge in [-0.3, -0.25) is 0 Å². The minimum absolute atomic E-state index is 0.780. The topological polar surface area (TPSA) is 38.9 Å². The fraction of sp³-hybridized carbons (Fsp3) is 0. The van der Waals surface area contributed by atoms with Crippen molar-refractivity contribution in [2.24, 2.45) is 0 Å². The van der Waals surface area contributed by atoms with Gasteiger partial charge in [-0.15, -0.1) is 0 Å². The Hall–Kier alpha value is -2.07. The molecule has 0 aliphatic carbocycles. The van der Waals surface area contributed by atoms with Crippen LogP contribution in [0.4, 0.5) is 0 Å². The van der Waals surface area contributed by atoms with Crippen LogP contribution < -0.4 is 0 Å². The molecule has 3 rings (SSSR count). The van der Waals surface area contributed by atoms with Gasteiger partial charge < -0.3 is 0 Å². The minimum atomic E-state index is 0.780. The van der Waals surface area contributed by atoms with Gasteiger partial charge in [-0.05, 0) is 51.6 Å². The number of hydrogen-bond donors (Lipinski definition) is 0. The van der Waals surface area contributed by atoms with Gasteiger partial charge in [-0.25, -0.2) is 4.63 Å². The smallest absolute Gasteiger partial charge is 0.135 e. The number of hydrogen-bond acceptors (Lipinski definition) is 4. The molecule has 0 aliphatic heterocycles. The van der Waals surface area contributed by atoms with E-state index in [1.54, 1.807) is 11.8 Å². The number of fused-ring (bicyclic) bond motifs is 1. The molecule has 4 heteroatoms. The summed E-state index contributed by atoms with van der Waals surface area (Å²) in [5, 5.41) is 9.65. The maximum atomic E-state index is 4.66. The zero-order chi connectivity index (χ0) is 12.2. The zero-order valence-corrected chi connectivity index (χ0v) is 10.3. The van der Waals surface area contributed by atoms with Crippen molar-refractivity contribution in [1.29, 1.82) is 0 Å². The number of benzene rings is 2. The first-order valence-electron chi connectivity index (χ1n) is 5.52. The van der Waals surface area contributed by atoms with E-state index in [-0.39, 0.29) is 0 Å². The highest BCUT2D eigenvalue weighted by molar-refractivity contribution is 8.02. The second-order valence-corrected chi connectivity index (χ2v) is 4.73. The van der Waals surface area contributed by atoms with Gasteiger partial charge in [0.25, 0.3) is 0 Å². The van der Waals surface area contributed by atoms with Crippen LogP contribution in [0.2, 0.25) is 0 Å². The van der Waals surface area contributed by atoms with Gasteiger partial charge in [0.1, 0.15) is 11.0 Å². The lowest BCUT2D eigenvalue weighted by Crippen LogP contribution is -1.73. The fourth-order valence-corrected chi connectivity index (χ4v) is 2.29. The summed E-state index contributed by atoms with van der Waals surface area (Å²) in [6, 6.07) is 16.1. The lowest BCUT2D eigenvalue weighted by atomic mass is 10.2. The largest absolute Gasteiger partial charge is 0.243 e. The molecule has 0 saturated heterocycles. The van der Waals surface area contributed by atoms with Gasteiger partial charge in [-0.2, -0.15) is 0 Å². The van der Waals surface area contributed by atoms with Crippen molar-refractivity contribution in [2.75, 3.05) is 0 Å². The van der Waals surface area contributed by atoms with Crippen LogP contribution in [0, 0.1) is 0 Å². The van der Waals surface area contributed by atoms with Crippen LogP contribution in [-0.2, 0) is 0 Å². The van der Waals surface area contributed by atoms with Crippen LogP contribution in [0.3, 0.4) is 0 Å². The lowest BCUT2D eigenvalue weighted by molar-refractivity contribution is 0.315. The molecule has 0 amide bonds. The van der Waals surface area contributed by atoms with Crippen LogP contribution in [0.15, 0.2) is 63.5 Å². The van der Waals surface area contributed by atoms with E-state index in [0.29, 0.717) is 0 Å². The minimum Gasteiger partial charge on any atom is -0.243 e. The van der Waals surface area contributed by atoms with E-state index in [1.807, 2.05) is 42.5 Å². The molecule has 0 atom stereocenters. The SMILES string of the molecule is C(=C\c1ccc2nonc2c1)/Sc1ccccc1. The molecular weight excluding hydrogens is 244 g/mol. The summed E-state index contributed by atoms with van der Waals surface area (Å²) in [7, 11) is 0. The van der Waals surface area contributed by atoms with E-state index in [9.17, 15) is 0 Å². The molecule has 0 spiro atoms. The van der Waals surface area contributed by atoms with Crippen molar-refractivity contribution in [3.05, 3.63) is 59.5 Å². The summed E-state index contributed by atoms with van der Waals surface area (Å²) >= 11 is 1.68. The van der Waals surface area contributed by atoms with Gasteiger partial charge >= 0.3 is 0 Å². The molecule has 0 aliphatic rings. The molecule has 0 unspecified atom stereocenters. The average Bonchev–Trinajstić information content (AvgIpc) is 2.87. The van der Waals surface area contributed by atoms with Gasteiger partial charge in [0.15, 0.2) is 0 Å². The zero-order valence-electron chi connectivity index (χ0n) is 9.48. The Labute approximate surface area is 108 Å². The molecule has 0 saturated carbocycles. The second kappa shape index (κ2) is 5.06. The highest BCUT2D eigenvalue weighted by Crippen LogP contribution is 2.20. The third kappa shape index (κ3) is 2.43. The molecule has 0 fully saturated rings. The summed E-state index contributed by atoms with van der Waals surface area (Å²) in [5.41, 5.74) is 2.64. The number of aromatic nitrogens is 2. The van der Waals surface area contributed by atoms with Crippen LogP contribution in [0.25, 0.3) is 17.1 Å². The van der Waals surface area contributed by atoms with Crippen molar-refractivity contribution in [2.45, 2.75) is 4.90 Å². The van der Waals surface area contributed by atoms with Gasteiger partial charge in [0.2, 0.25) is 0 Å². The summed E-state index contributed by atoms with van der Waals surface area (Å²) in [4.78, 5) is 1.22. The highest BCUT2D eigenvalue weighted by atomic mass is 32.2. The maximum Gasteiger partial charge on any atom is 0.135 e. The fourth-order valence-electron chi connectivity index (χ4n) is 1.59. The van der Waals surface area contributed by atoms with E-state index in [2.05, 4.69) is 32.5 Å². The Morgan fingerprint density at radius 2 is 1.78 bits per heavy atom. The standard InChI is InChI=1S/C14H10N2OS/c1-2-4-12(5-3-1)18-9-8-11-6-7-13-14(10-11)16-17-15-13/h1-10H/b9-8+. The van der Waals surface area contributed by atoms with Crippen LogP contribution in [-0.4, -0.2) is 10.3 Å². The molecular formula is C14H10N2OS. The van der Waals surface area contributed by atoms with Crippen molar-refractivity contribution in [3.8, 4) is 0 Å². The monoisotopic (exact) mass is 254 g/mol. The van der Waals surface area contributed by atoms with E-state index >= 15 is 0 Å². The average molecular weight is 254 g/mol. The Bertz CT molecular complexity index is 676. The molecule has 18 heavy (non-hydrogen) atoms. The molecule has 3 aromatic rings. The first-order valence-corrected chi connectivity index (χ1v) is 6.40. The van der Waals surface area contributed by atoms with Gasteiger partial charge in [-0.1, -0.05) is 36.0 Å². The summed E-state index contributed by atoms with van der Waals surface area (Å²) in [6.07, 6.45) is 2.05. The lowest BCUT2D eigenvalue weighted by Gasteiger charge is -1.94. The molecule has 1 heterocycles. The van der Waals surface area contributed by atoms with Crippen LogP contribution in [0.1, 0.15) is 5.56 Å². The summed E-state index contributed by atoms with van der Waals surface area (Å²) < 4.78 is 4.66. The summed E-state index contributed by atoms with van der Waals surface area (Å²) in [5.74, 6) is 0. The predicted molar refractivity (Wildman–Crippen MR) is 73.1 cm³/mol. The maximum absolute atomic E-state index is 4.66. The predicted octanol–water partition coefficient (Wildman–Crippen LogP) is 3.99. The molecule has 0 radical (unpaired) electrons. The van der Waals surface area contributed by atoms with E-state index in [1.165, 1.54) is 4.90 Å². The van der Waals surface area contributed by atoms with E-state index < -0.39 is 0 Å². The number of nitrogens with zero attached hydrogens (tertiary/aromatic N) is 2. The van der Waals surface area contributed by atoms with Gasteiger partial charge in [0.05, 0.1) is 0 Å². The first-order chi connectivity index (χ1) is 8.92. The number of thioether (sulfide) groups is 1. The Morgan fingerprint density at radius 3 is 2.67 bits per heavy atom. The van der Waals surface area contributed by atoms with Crippen molar-refractivity contribution >= 4 is 28.9 Å². The highest BCUT2D eigenvalue weighted by Gasteiger charge is 1.99. The molecule has 0 bridgehead atoms. The van der Waals surface area contributed by atoms with Crippen LogP contribution in [0.5, 0.6) is 0 Å².